The first kappa shape index (κ1) is 14.6. The lowest BCUT2D eigenvalue weighted by molar-refractivity contribution is 0.0698. The lowest BCUT2D eigenvalue weighted by atomic mass is 9.85. The van der Waals surface area contributed by atoms with Crippen molar-refractivity contribution in [3.8, 4) is 0 Å². The fraction of sp³-hybridized carbons (Fsp3) is 0.533. The summed E-state index contributed by atoms with van der Waals surface area (Å²) >= 11 is 0. The van der Waals surface area contributed by atoms with Gasteiger partial charge in [-0.25, -0.2) is 9.18 Å². The van der Waals surface area contributed by atoms with Crippen LogP contribution in [0.1, 0.15) is 43.5 Å². The lowest BCUT2D eigenvalue weighted by Gasteiger charge is -2.25. The van der Waals surface area contributed by atoms with Crippen LogP contribution in [0.25, 0.3) is 0 Å². The van der Waals surface area contributed by atoms with Gasteiger partial charge in [0.05, 0.1) is 11.3 Å². The number of hydrogen-bond acceptors (Lipinski definition) is 3. The van der Waals surface area contributed by atoms with Gasteiger partial charge >= 0.3 is 5.97 Å². The maximum absolute atomic E-state index is 14.1. The van der Waals surface area contributed by atoms with Crippen LogP contribution in [0.5, 0.6) is 0 Å². The lowest BCUT2D eigenvalue weighted by Crippen LogP contribution is -2.26. The van der Waals surface area contributed by atoms with Gasteiger partial charge in [-0.2, -0.15) is 0 Å². The van der Waals surface area contributed by atoms with E-state index in [-0.39, 0.29) is 16.7 Å². The molecule has 5 heteroatoms. The number of rotatable bonds is 2. The Balaban J connectivity index is 2.32. The van der Waals surface area contributed by atoms with Gasteiger partial charge in [0.15, 0.2) is 0 Å². The van der Waals surface area contributed by atoms with E-state index in [4.69, 9.17) is 10.8 Å². The van der Waals surface area contributed by atoms with Crippen molar-refractivity contribution in [2.24, 2.45) is 5.41 Å². The average Bonchev–Trinajstić information content (AvgIpc) is 2.50. The van der Waals surface area contributed by atoms with Crippen molar-refractivity contribution in [1.82, 2.24) is 0 Å². The van der Waals surface area contributed by atoms with Crippen LogP contribution in [0.3, 0.4) is 0 Å². The van der Waals surface area contributed by atoms with Gasteiger partial charge in [0, 0.05) is 18.8 Å². The Kier molecular flexibility index (Phi) is 3.88. The third-order valence-electron chi connectivity index (χ3n) is 4.03. The molecule has 1 saturated heterocycles. The number of anilines is 2. The molecule has 1 heterocycles. The first-order valence-electron chi connectivity index (χ1n) is 6.87. The van der Waals surface area contributed by atoms with E-state index >= 15 is 0 Å². The summed E-state index contributed by atoms with van der Waals surface area (Å²) in [5.41, 5.74) is 6.07. The standard InChI is InChI=1S/C15H21FN2O2/c1-15(2)4-3-6-18(7-5-15)13-8-10(14(19)20)12(17)9-11(13)16/h8-9H,3-7,17H2,1-2H3,(H,19,20). The van der Waals surface area contributed by atoms with E-state index in [9.17, 15) is 9.18 Å². The Morgan fingerprint density at radius 1 is 1.35 bits per heavy atom. The summed E-state index contributed by atoms with van der Waals surface area (Å²) in [6, 6.07) is 2.46. The molecule has 110 valence electrons. The maximum atomic E-state index is 14.1. The van der Waals surface area contributed by atoms with Crippen molar-refractivity contribution in [2.45, 2.75) is 33.1 Å². The highest BCUT2D eigenvalue weighted by Crippen LogP contribution is 2.33. The number of aromatic carboxylic acids is 1. The normalized spacial score (nSPS) is 18.6. The molecular weight excluding hydrogens is 259 g/mol. The van der Waals surface area contributed by atoms with Crippen LogP contribution >= 0.6 is 0 Å². The van der Waals surface area contributed by atoms with Crippen LogP contribution in [0, 0.1) is 11.2 Å². The van der Waals surface area contributed by atoms with Crippen LogP contribution in [0.4, 0.5) is 15.8 Å². The number of nitrogens with zero attached hydrogens (tertiary/aromatic N) is 1. The SMILES string of the molecule is CC1(C)CCCN(c2cc(C(=O)O)c(N)cc2F)CC1. The molecule has 0 unspecified atom stereocenters. The van der Waals surface area contributed by atoms with Gasteiger partial charge in [0.25, 0.3) is 0 Å². The molecule has 0 saturated carbocycles. The van der Waals surface area contributed by atoms with Gasteiger partial charge in [-0.15, -0.1) is 0 Å². The first-order chi connectivity index (χ1) is 9.30. The summed E-state index contributed by atoms with van der Waals surface area (Å²) < 4.78 is 14.1. The van der Waals surface area contributed by atoms with Crippen LogP contribution in [0.2, 0.25) is 0 Å². The van der Waals surface area contributed by atoms with Gasteiger partial charge < -0.3 is 15.7 Å². The molecule has 3 N–H and O–H groups in total. The van der Waals surface area contributed by atoms with Crippen molar-refractivity contribution in [1.29, 1.82) is 0 Å². The molecule has 0 spiro atoms. The highest BCUT2D eigenvalue weighted by atomic mass is 19.1. The third kappa shape index (κ3) is 3.03. The highest BCUT2D eigenvalue weighted by molar-refractivity contribution is 5.95. The smallest absolute Gasteiger partial charge is 0.337 e. The van der Waals surface area contributed by atoms with E-state index in [2.05, 4.69) is 13.8 Å². The molecule has 0 bridgehead atoms. The number of carboxylic acids is 1. The molecule has 0 aromatic heterocycles. The Morgan fingerprint density at radius 2 is 2.05 bits per heavy atom. The summed E-state index contributed by atoms with van der Waals surface area (Å²) in [5.74, 6) is -1.58. The Morgan fingerprint density at radius 3 is 2.70 bits per heavy atom. The average molecular weight is 280 g/mol. The molecule has 1 fully saturated rings. The number of nitrogen functional groups attached to an aromatic ring is 1. The predicted molar refractivity (Wildman–Crippen MR) is 77.6 cm³/mol. The zero-order valence-corrected chi connectivity index (χ0v) is 11.9. The van der Waals surface area contributed by atoms with Crippen LogP contribution < -0.4 is 10.6 Å². The Bertz CT molecular complexity index is 529. The highest BCUT2D eigenvalue weighted by Gasteiger charge is 2.25. The van der Waals surface area contributed by atoms with Crippen molar-refractivity contribution in [3.63, 3.8) is 0 Å². The second-order valence-corrected chi connectivity index (χ2v) is 6.20. The topological polar surface area (TPSA) is 66.6 Å². The molecule has 0 amide bonds. The molecule has 4 nitrogen and oxygen atoms in total. The van der Waals surface area contributed by atoms with E-state index in [0.717, 1.165) is 38.4 Å². The van der Waals surface area contributed by atoms with Gasteiger partial charge in [-0.1, -0.05) is 13.8 Å². The van der Waals surface area contributed by atoms with Crippen LogP contribution in [-0.2, 0) is 0 Å². The van der Waals surface area contributed by atoms with Gasteiger partial charge in [-0.05, 0) is 36.8 Å². The molecule has 1 aliphatic rings. The molecule has 2 rings (SSSR count). The molecule has 0 aliphatic carbocycles. The largest absolute Gasteiger partial charge is 0.478 e. The maximum Gasteiger partial charge on any atom is 0.337 e. The molecule has 1 aliphatic heterocycles. The van der Waals surface area contributed by atoms with Gasteiger partial charge in [0.2, 0.25) is 0 Å². The van der Waals surface area contributed by atoms with Crippen molar-refractivity contribution in [3.05, 3.63) is 23.5 Å². The molecule has 1 aromatic carbocycles. The van der Waals surface area contributed by atoms with E-state index in [1.54, 1.807) is 0 Å². The zero-order valence-electron chi connectivity index (χ0n) is 11.9. The summed E-state index contributed by atoms with van der Waals surface area (Å²) in [7, 11) is 0. The number of halogens is 1. The van der Waals surface area contributed by atoms with E-state index < -0.39 is 11.8 Å². The summed E-state index contributed by atoms with van der Waals surface area (Å²) in [5, 5.41) is 9.10. The van der Waals surface area contributed by atoms with Crippen molar-refractivity contribution >= 4 is 17.3 Å². The number of carbonyl (C=O) groups is 1. The summed E-state index contributed by atoms with van der Waals surface area (Å²) in [4.78, 5) is 13.0. The van der Waals surface area contributed by atoms with Crippen molar-refractivity contribution in [2.75, 3.05) is 23.7 Å². The fourth-order valence-electron chi connectivity index (χ4n) is 2.67. The van der Waals surface area contributed by atoms with E-state index in [1.165, 1.54) is 6.07 Å². The number of nitrogens with two attached hydrogens (primary N) is 1. The quantitative estimate of drug-likeness (QED) is 0.817. The number of benzene rings is 1. The first-order valence-corrected chi connectivity index (χ1v) is 6.87. The molecule has 20 heavy (non-hydrogen) atoms. The van der Waals surface area contributed by atoms with Crippen LogP contribution in [0.15, 0.2) is 12.1 Å². The molecule has 0 radical (unpaired) electrons. The van der Waals surface area contributed by atoms with Gasteiger partial charge in [0.1, 0.15) is 5.82 Å². The number of hydrogen-bond donors (Lipinski definition) is 2. The minimum absolute atomic E-state index is 0.0334. The monoisotopic (exact) mass is 280 g/mol. The Hall–Kier alpha value is -1.78. The molecular formula is C15H21FN2O2. The molecule has 1 aromatic rings. The van der Waals surface area contributed by atoms with Crippen LogP contribution in [-0.4, -0.2) is 24.2 Å². The Labute approximate surface area is 118 Å². The molecule has 0 atom stereocenters. The second-order valence-electron chi connectivity index (χ2n) is 6.20. The van der Waals surface area contributed by atoms with Crippen molar-refractivity contribution < 1.29 is 14.3 Å². The van der Waals surface area contributed by atoms with E-state index in [0.29, 0.717) is 5.69 Å². The minimum Gasteiger partial charge on any atom is -0.478 e. The third-order valence-corrected chi connectivity index (χ3v) is 4.03. The zero-order chi connectivity index (χ0) is 14.9. The predicted octanol–water partition coefficient (Wildman–Crippen LogP) is 3.12. The second kappa shape index (κ2) is 5.31. The summed E-state index contributed by atoms with van der Waals surface area (Å²) in [6.45, 7) is 5.88. The summed E-state index contributed by atoms with van der Waals surface area (Å²) in [6.07, 6.45) is 3.02. The fourth-order valence-corrected chi connectivity index (χ4v) is 2.67. The number of carboxylic acid groups (broad SMARTS) is 1. The van der Waals surface area contributed by atoms with E-state index in [1.807, 2.05) is 4.90 Å². The minimum atomic E-state index is -1.13. The van der Waals surface area contributed by atoms with Gasteiger partial charge in [-0.3, -0.25) is 0 Å².